The van der Waals surface area contributed by atoms with Crippen LogP contribution in [0.3, 0.4) is 0 Å². The van der Waals surface area contributed by atoms with Crippen LogP contribution in [-0.4, -0.2) is 23.1 Å². The lowest BCUT2D eigenvalue weighted by Gasteiger charge is -2.18. The number of aliphatic carboxylic acids is 1. The Morgan fingerprint density at radius 3 is 1.59 bits per heavy atom. The van der Waals surface area contributed by atoms with E-state index in [1.54, 1.807) is 0 Å². The summed E-state index contributed by atoms with van der Waals surface area (Å²) in [5.41, 5.74) is 0. The Balaban J connectivity index is 3.86. The van der Waals surface area contributed by atoms with Crippen molar-refractivity contribution in [1.29, 1.82) is 0 Å². The van der Waals surface area contributed by atoms with Crippen LogP contribution >= 0.6 is 0 Å². The van der Waals surface area contributed by atoms with E-state index in [0.717, 1.165) is 89.9 Å². The minimum Gasteiger partial charge on any atom is -0.481 e. The van der Waals surface area contributed by atoms with Gasteiger partial charge in [-0.25, -0.2) is 0 Å². The summed E-state index contributed by atoms with van der Waals surface area (Å²) >= 11 is 0. The third kappa shape index (κ3) is 32.3. The van der Waals surface area contributed by atoms with Gasteiger partial charge in [0.05, 0.1) is 0 Å². The minimum absolute atomic E-state index is 0.0296. The second kappa shape index (κ2) is 32.4. The number of carboxylic acid groups (broad SMARTS) is 1. The van der Waals surface area contributed by atoms with Crippen LogP contribution in [0.15, 0.2) is 48.6 Å². The number of esters is 1. The van der Waals surface area contributed by atoms with E-state index in [9.17, 15) is 9.59 Å². The number of carboxylic acids is 1. The highest BCUT2D eigenvalue weighted by Crippen LogP contribution is 2.18. The van der Waals surface area contributed by atoms with Gasteiger partial charge in [0, 0.05) is 12.8 Å². The van der Waals surface area contributed by atoms with Gasteiger partial charge in [0.1, 0.15) is 6.10 Å². The molecule has 0 aliphatic rings. The van der Waals surface area contributed by atoms with E-state index in [2.05, 4.69) is 62.5 Å². The predicted octanol–water partition coefficient (Wildman–Crippen LogP) is 11.6. The number of hydrogen-bond donors (Lipinski definition) is 1. The molecule has 4 heteroatoms. The van der Waals surface area contributed by atoms with Crippen molar-refractivity contribution in [2.75, 3.05) is 0 Å². The molecule has 0 aromatic carbocycles. The van der Waals surface area contributed by atoms with Gasteiger partial charge in [-0.05, 0) is 77.0 Å². The van der Waals surface area contributed by atoms with Crippen molar-refractivity contribution in [1.82, 2.24) is 0 Å². The highest BCUT2D eigenvalue weighted by atomic mass is 16.5. The monoisotopic (exact) mass is 572 g/mol. The molecule has 4 nitrogen and oxygen atoms in total. The number of allylic oxidation sites excluding steroid dienone is 8. The molecule has 1 atom stereocenters. The predicted molar refractivity (Wildman–Crippen MR) is 176 cm³/mol. The van der Waals surface area contributed by atoms with Crippen LogP contribution in [0.1, 0.15) is 168 Å². The molecule has 0 saturated heterocycles. The van der Waals surface area contributed by atoms with Gasteiger partial charge in [-0.15, -0.1) is 0 Å². The van der Waals surface area contributed by atoms with Crippen molar-refractivity contribution >= 4 is 11.9 Å². The average Bonchev–Trinajstić information content (AvgIpc) is 2.95. The average molecular weight is 573 g/mol. The molecule has 236 valence electrons. The van der Waals surface area contributed by atoms with Crippen LogP contribution in [0.25, 0.3) is 0 Å². The fraction of sp³-hybridized carbons (Fsp3) is 0.730. The lowest BCUT2D eigenvalue weighted by Crippen LogP contribution is -2.18. The fourth-order valence-electron chi connectivity index (χ4n) is 4.82. The SMILES string of the molecule is CC/C=C\C/C=C\C/C=C\C/C=C\CCCCCCCCC(=O)OC(CCCCCCC)CCCCCCC(=O)O. The van der Waals surface area contributed by atoms with E-state index in [-0.39, 0.29) is 18.5 Å². The molecule has 0 aromatic rings. The molecule has 1 unspecified atom stereocenters. The Morgan fingerprint density at radius 1 is 0.561 bits per heavy atom. The van der Waals surface area contributed by atoms with Crippen LogP contribution in [0, 0.1) is 0 Å². The summed E-state index contributed by atoms with van der Waals surface area (Å²) in [5.74, 6) is -0.750. The largest absolute Gasteiger partial charge is 0.481 e. The fourth-order valence-corrected chi connectivity index (χ4v) is 4.82. The van der Waals surface area contributed by atoms with Crippen molar-refractivity contribution in [3.63, 3.8) is 0 Å². The molecule has 0 heterocycles. The summed E-state index contributed by atoms with van der Waals surface area (Å²) < 4.78 is 5.89. The van der Waals surface area contributed by atoms with Gasteiger partial charge in [0.15, 0.2) is 0 Å². The molecular formula is C37H64O4. The maximum atomic E-state index is 12.5. The summed E-state index contributed by atoms with van der Waals surface area (Å²) in [6.45, 7) is 4.38. The molecule has 41 heavy (non-hydrogen) atoms. The van der Waals surface area contributed by atoms with Crippen molar-refractivity contribution in [2.45, 2.75) is 174 Å². The van der Waals surface area contributed by atoms with Gasteiger partial charge in [-0.2, -0.15) is 0 Å². The van der Waals surface area contributed by atoms with Crippen molar-refractivity contribution in [3.8, 4) is 0 Å². The van der Waals surface area contributed by atoms with Gasteiger partial charge in [0.25, 0.3) is 0 Å². The van der Waals surface area contributed by atoms with E-state index >= 15 is 0 Å². The Morgan fingerprint density at radius 2 is 1.02 bits per heavy atom. The number of unbranched alkanes of at least 4 members (excludes halogenated alkanes) is 13. The lowest BCUT2D eigenvalue weighted by molar-refractivity contribution is -0.150. The summed E-state index contributed by atoms with van der Waals surface area (Å²) in [5, 5.41) is 8.78. The molecule has 0 spiro atoms. The summed E-state index contributed by atoms with van der Waals surface area (Å²) in [7, 11) is 0. The maximum absolute atomic E-state index is 12.5. The van der Waals surface area contributed by atoms with Crippen molar-refractivity contribution < 1.29 is 19.4 Å². The molecule has 0 radical (unpaired) electrons. The minimum atomic E-state index is -0.717. The normalized spacial score (nSPS) is 12.8. The number of rotatable bonds is 30. The molecule has 0 aliphatic carbocycles. The molecule has 0 bridgehead atoms. The Hall–Kier alpha value is -2.10. The second-order valence-electron chi connectivity index (χ2n) is 11.3. The topological polar surface area (TPSA) is 63.6 Å². The first-order valence-corrected chi connectivity index (χ1v) is 17.1. The molecular weight excluding hydrogens is 508 g/mol. The summed E-state index contributed by atoms with van der Waals surface area (Å²) in [4.78, 5) is 23.1. The number of carbonyl (C=O) groups is 2. The van der Waals surface area contributed by atoms with Crippen LogP contribution < -0.4 is 0 Å². The first-order valence-electron chi connectivity index (χ1n) is 17.1. The molecule has 0 aliphatic heterocycles. The summed E-state index contributed by atoms with van der Waals surface area (Å²) in [6, 6.07) is 0. The van der Waals surface area contributed by atoms with Gasteiger partial charge < -0.3 is 9.84 Å². The first-order chi connectivity index (χ1) is 20.1. The number of hydrogen-bond acceptors (Lipinski definition) is 3. The van der Waals surface area contributed by atoms with E-state index in [1.807, 2.05) is 0 Å². The van der Waals surface area contributed by atoms with E-state index < -0.39 is 5.97 Å². The highest BCUT2D eigenvalue weighted by Gasteiger charge is 2.14. The first kappa shape index (κ1) is 38.9. The van der Waals surface area contributed by atoms with Crippen LogP contribution in [0.5, 0.6) is 0 Å². The zero-order chi connectivity index (χ0) is 30.1. The van der Waals surface area contributed by atoms with Crippen LogP contribution in [0.4, 0.5) is 0 Å². The number of ether oxygens (including phenoxy) is 1. The summed E-state index contributed by atoms with van der Waals surface area (Å²) in [6.07, 6.45) is 42.7. The van der Waals surface area contributed by atoms with Gasteiger partial charge >= 0.3 is 11.9 Å². The molecule has 0 fully saturated rings. The molecule has 1 N–H and O–H groups in total. The van der Waals surface area contributed by atoms with Gasteiger partial charge in [0.2, 0.25) is 0 Å². The van der Waals surface area contributed by atoms with Crippen LogP contribution in [-0.2, 0) is 14.3 Å². The molecule has 0 aromatic heterocycles. The lowest BCUT2D eigenvalue weighted by atomic mass is 10.0. The van der Waals surface area contributed by atoms with Gasteiger partial charge in [-0.1, -0.05) is 127 Å². The smallest absolute Gasteiger partial charge is 0.306 e. The standard InChI is InChI=1S/C37H64O4/c1-3-5-7-9-10-11-12-13-14-15-16-17-18-19-20-21-22-24-30-34-37(40)41-35(31-27-23-8-6-4-2)32-28-25-26-29-33-36(38)39/h5,7,10-11,13-14,16-17,35H,3-4,6,8-9,12,15,18-34H2,1-2H3,(H,38,39)/b7-5-,11-10-,14-13-,17-16-. The Kier molecular flexibility index (Phi) is 30.8. The zero-order valence-corrected chi connectivity index (χ0v) is 26.8. The van der Waals surface area contributed by atoms with Crippen molar-refractivity contribution in [2.24, 2.45) is 0 Å². The number of carbonyl (C=O) groups excluding carboxylic acids is 1. The third-order valence-corrected chi connectivity index (χ3v) is 7.32. The Bertz CT molecular complexity index is 704. The quantitative estimate of drug-likeness (QED) is 0.0528. The Labute approximate surface area is 253 Å². The highest BCUT2D eigenvalue weighted by molar-refractivity contribution is 5.69. The zero-order valence-electron chi connectivity index (χ0n) is 26.8. The molecule has 0 saturated carbocycles. The molecule has 0 rings (SSSR count). The maximum Gasteiger partial charge on any atom is 0.306 e. The van der Waals surface area contributed by atoms with E-state index in [0.29, 0.717) is 6.42 Å². The van der Waals surface area contributed by atoms with Gasteiger partial charge in [-0.3, -0.25) is 9.59 Å². The third-order valence-electron chi connectivity index (χ3n) is 7.32. The van der Waals surface area contributed by atoms with Crippen molar-refractivity contribution in [3.05, 3.63) is 48.6 Å². The van der Waals surface area contributed by atoms with Crippen LogP contribution in [0.2, 0.25) is 0 Å². The second-order valence-corrected chi connectivity index (χ2v) is 11.3. The van der Waals surface area contributed by atoms with E-state index in [4.69, 9.17) is 9.84 Å². The molecule has 0 amide bonds. The van der Waals surface area contributed by atoms with E-state index in [1.165, 1.54) is 51.4 Å².